The van der Waals surface area contributed by atoms with E-state index in [1.807, 2.05) is 36.4 Å². The van der Waals surface area contributed by atoms with Crippen molar-refractivity contribution in [3.63, 3.8) is 0 Å². The minimum atomic E-state index is 0.0897. The van der Waals surface area contributed by atoms with Crippen molar-refractivity contribution in [3.05, 3.63) is 72.8 Å². The fraction of sp³-hybridized carbons (Fsp3) is 0.250. The summed E-state index contributed by atoms with van der Waals surface area (Å²) in [6.07, 6.45) is 3.69. The lowest BCUT2D eigenvalue weighted by Gasteiger charge is -2.29. The molecule has 2 atom stereocenters. The number of hydrogen-bond acceptors (Lipinski definition) is 6. The Balaban J connectivity index is 1.47. The Bertz CT molecular complexity index is 1230. The van der Waals surface area contributed by atoms with Gasteiger partial charge in [-0.1, -0.05) is 23.7 Å². The van der Waals surface area contributed by atoms with Gasteiger partial charge in [0.25, 0.3) is 0 Å². The summed E-state index contributed by atoms with van der Waals surface area (Å²) in [7, 11) is 0. The first kappa shape index (κ1) is 22.0. The van der Waals surface area contributed by atoms with Crippen LogP contribution in [0.15, 0.2) is 77.3 Å². The number of aromatic nitrogens is 1. The molecule has 3 N–H and O–H groups in total. The molecule has 6 heteroatoms. The number of aromatic hydroxyl groups is 2. The number of rotatable bonds is 6. The third-order valence-corrected chi connectivity index (χ3v) is 6.34. The van der Waals surface area contributed by atoms with Crippen LogP contribution in [0.1, 0.15) is 26.2 Å². The maximum absolute atomic E-state index is 9.77. The molecule has 0 amide bonds. The van der Waals surface area contributed by atoms with E-state index in [2.05, 4.69) is 17.4 Å². The highest BCUT2D eigenvalue weighted by atomic mass is 16.5. The number of piperidine rings is 1. The van der Waals surface area contributed by atoms with Crippen molar-refractivity contribution >= 4 is 0 Å². The Hall–Kier alpha value is -3.77. The molecule has 1 aliphatic heterocycles. The Morgan fingerprint density at radius 1 is 0.853 bits per heavy atom. The number of nitrogens with zero attached hydrogens (tertiary/aromatic N) is 1. The molecule has 2 heterocycles. The Labute approximate surface area is 198 Å². The van der Waals surface area contributed by atoms with Crippen LogP contribution in [0.3, 0.4) is 0 Å². The zero-order valence-corrected chi connectivity index (χ0v) is 19.1. The third-order valence-electron chi connectivity index (χ3n) is 6.34. The van der Waals surface area contributed by atoms with Crippen molar-refractivity contribution in [2.24, 2.45) is 0 Å². The van der Waals surface area contributed by atoms with Gasteiger partial charge in [-0.15, -0.1) is 0 Å². The second-order valence-electron chi connectivity index (χ2n) is 8.73. The minimum absolute atomic E-state index is 0.0897. The lowest BCUT2D eigenvalue weighted by atomic mass is 9.96. The molecule has 0 bridgehead atoms. The van der Waals surface area contributed by atoms with Gasteiger partial charge in [0, 0.05) is 17.2 Å². The van der Waals surface area contributed by atoms with Gasteiger partial charge in [0.15, 0.2) is 5.76 Å². The molecule has 0 aliphatic carbocycles. The van der Waals surface area contributed by atoms with Crippen molar-refractivity contribution in [2.45, 2.75) is 38.3 Å². The molecule has 1 fully saturated rings. The van der Waals surface area contributed by atoms with Crippen LogP contribution in [-0.4, -0.2) is 34.1 Å². The van der Waals surface area contributed by atoms with Gasteiger partial charge in [0.1, 0.15) is 29.0 Å². The lowest BCUT2D eigenvalue weighted by Crippen LogP contribution is -2.44. The number of phenols is 2. The van der Waals surface area contributed by atoms with Gasteiger partial charge in [-0.05, 0) is 92.5 Å². The molecule has 2 unspecified atom stereocenters. The SMILES string of the molecule is CC(Oc1ccc(-c2noc(-c3ccc(O)cc3)c2-c2ccc(O)cc2)cc1)C1CCCCN1. The Morgan fingerprint density at radius 2 is 1.47 bits per heavy atom. The van der Waals surface area contributed by atoms with E-state index in [0.29, 0.717) is 17.5 Å². The molecule has 6 nitrogen and oxygen atoms in total. The van der Waals surface area contributed by atoms with Crippen LogP contribution in [0.5, 0.6) is 17.2 Å². The predicted molar refractivity (Wildman–Crippen MR) is 132 cm³/mol. The summed E-state index contributed by atoms with van der Waals surface area (Å²) in [5, 5.41) is 27.4. The smallest absolute Gasteiger partial charge is 0.175 e. The van der Waals surface area contributed by atoms with E-state index in [-0.39, 0.29) is 17.6 Å². The summed E-state index contributed by atoms with van der Waals surface area (Å²) in [6, 6.07) is 22.1. The zero-order valence-electron chi connectivity index (χ0n) is 19.1. The van der Waals surface area contributed by atoms with Crippen molar-refractivity contribution in [3.8, 4) is 51.0 Å². The van der Waals surface area contributed by atoms with Gasteiger partial charge >= 0.3 is 0 Å². The van der Waals surface area contributed by atoms with E-state index < -0.39 is 0 Å². The van der Waals surface area contributed by atoms with Crippen LogP contribution >= 0.6 is 0 Å². The highest BCUT2D eigenvalue weighted by molar-refractivity contribution is 5.90. The first-order valence-corrected chi connectivity index (χ1v) is 11.7. The fourth-order valence-electron chi connectivity index (χ4n) is 4.46. The van der Waals surface area contributed by atoms with E-state index >= 15 is 0 Å². The van der Waals surface area contributed by atoms with Crippen LogP contribution in [-0.2, 0) is 0 Å². The van der Waals surface area contributed by atoms with Crippen LogP contribution in [0, 0.1) is 0 Å². The van der Waals surface area contributed by atoms with Gasteiger partial charge in [-0.3, -0.25) is 0 Å². The molecule has 1 aliphatic rings. The number of benzene rings is 3. The molecule has 34 heavy (non-hydrogen) atoms. The molecular weight excluding hydrogens is 428 g/mol. The molecule has 3 aromatic carbocycles. The number of nitrogens with one attached hydrogen (secondary N) is 1. The van der Waals surface area contributed by atoms with E-state index in [4.69, 9.17) is 9.26 Å². The summed E-state index contributed by atoms with van der Waals surface area (Å²) >= 11 is 0. The molecule has 1 saturated heterocycles. The molecule has 174 valence electrons. The Kier molecular flexibility index (Phi) is 6.23. The van der Waals surface area contributed by atoms with E-state index in [0.717, 1.165) is 41.0 Å². The minimum Gasteiger partial charge on any atom is -0.508 e. The highest BCUT2D eigenvalue weighted by Gasteiger charge is 2.23. The molecule has 0 radical (unpaired) electrons. The van der Waals surface area contributed by atoms with Gasteiger partial charge in [-0.25, -0.2) is 0 Å². The van der Waals surface area contributed by atoms with Crippen molar-refractivity contribution in [1.82, 2.24) is 10.5 Å². The summed E-state index contributed by atoms with van der Waals surface area (Å²) in [5.41, 5.74) is 4.08. The molecule has 0 saturated carbocycles. The average Bonchev–Trinajstić information content (AvgIpc) is 3.31. The average molecular weight is 457 g/mol. The zero-order chi connectivity index (χ0) is 23.5. The first-order valence-electron chi connectivity index (χ1n) is 11.7. The van der Waals surface area contributed by atoms with Gasteiger partial charge < -0.3 is 24.8 Å². The highest BCUT2D eigenvalue weighted by Crippen LogP contribution is 2.41. The molecule has 5 rings (SSSR count). The maximum atomic E-state index is 9.77. The predicted octanol–water partition coefficient (Wildman–Crippen LogP) is 6.00. The topological polar surface area (TPSA) is 87.8 Å². The third kappa shape index (κ3) is 4.63. The normalized spacial score (nSPS) is 16.8. The number of phenolic OH excluding ortho intramolecular Hbond substituents is 2. The van der Waals surface area contributed by atoms with Crippen LogP contribution < -0.4 is 10.1 Å². The van der Waals surface area contributed by atoms with Gasteiger partial charge in [0.2, 0.25) is 0 Å². The molecule has 0 spiro atoms. The first-order chi connectivity index (χ1) is 16.6. The largest absolute Gasteiger partial charge is 0.508 e. The lowest BCUT2D eigenvalue weighted by molar-refractivity contribution is 0.152. The van der Waals surface area contributed by atoms with Crippen molar-refractivity contribution in [2.75, 3.05) is 6.54 Å². The standard InChI is InChI=1S/C28H28N2O4/c1-18(25-4-2-3-17-29-25)33-24-15-9-20(10-16-24)27-26(19-5-11-22(31)12-6-19)28(34-30-27)21-7-13-23(32)14-8-21/h5-16,18,25,29,31-32H,2-4,17H2,1H3. The van der Waals surface area contributed by atoms with E-state index in [1.54, 1.807) is 36.4 Å². The van der Waals surface area contributed by atoms with Crippen LogP contribution in [0.25, 0.3) is 33.7 Å². The summed E-state index contributed by atoms with van der Waals surface area (Å²) < 4.78 is 12.0. The molecular formula is C28H28N2O4. The van der Waals surface area contributed by atoms with Gasteiger partial charge in [-0.2, -0.15) is 0 Å². The summed E-state index contributed by atoms with van der Waals surface area (Å²) in [4.78, 5) is 0. The van der Waals surface area contributed by atoms with E-state index in [9.17, 15) is 10.2 Å². The second kappa shape index (κ2) is 9.61. The summed E-state index contributed by atoms with van der Waals surface area (Å²) in [5.74, 6) is 1.79. The van der Waals surface area contributed by atoms with Crippen LogP contribution in [0.2, 0.25) is 0 Å². The molecule has 1 aromatic heterocycles. The van der Waals surface area contributed by atoms with Crippen molar-refractivity contribution < 1.29 is 19.5 Å². The number of ether oxygens (including phenoxy) is 1. The monoisotopic (exact) mass is 456 g/mol. The number of hydrogen-bond donors (Lipinski definition) is 3. The van der Waals surface area contributed by atoms with Crippen LogP contribution in [0.4, 0.5) is 0 Å². The Morgan fingerprint density at radius 3 is 2.09 bits per heavy atom. The molecule has 4 aromatic rings. The maximum Gasteiger partial charge on any atom is 0.175 e. The van der Waals surface area contributed by atoms with E-state index in [1.165, 1.54) is 12.8 Å². The quantitative estimate of drug-likeness (QED) is 0.330. The van der Waals surface area contributed by atoms with Gasteiger partial charge in [0.05, 0.1) is 5.56 Å². The fourth-order valence-corrected chi connectivity index (χ4v) is 4.46. The van der Waals surface area contributed by atoms with Crippen molar-refractivity contribution in [1.29, 1.82) is 0 Å². The summed E-state index contributed by atoms with van der Waals surface area (Å²) in [6.45, 7) is 3.16. The second-order valence-corrected chi connectivity index (χ2v) is 8.73.